The fourth-order valence-electron chi connectivity index (χ4n) is 2.29. The molecule has 0 bridgehead atoms. The number of carbonyl (C=O) groups is 1. The Balaban J connectivity index is 2.08. The van der Waals surface area contributed by atoms with E-state index in [0.717, 1.165) is 31.0 Å². The average Bonchev–Trinajstić information content (AvgIpc) is 2.59. The Morgan fingerprint density at radius 3 is 3.06 bits per heavy atom. The van der Waals surface area contributed by atoms with E-state index >= 15 is 0 Å². The van der Waals surface area contributed by atoms with Crippen LogP contribution in [0.25, 0.3) is 0 Å². The lowest BCUT2D eigenvalue weighted by atomic mass is 10.2. The maximum atomic E-state index is 11.5. The molecule has 1 atom stereocenters. The second-order valence-electron chi connectivity index (χ2n) is 4.66. The van der Waals surface area contributed by atoms with Gasteiger partial charge in [0, 0.05) is 25.3 Å². The Bertz CT molecular complexity index is 418. The molecule has 1 aromatic heterocycles. The van der Waals surface area contributed by atoms with Crippen molar-refractivity contribution < 1.29 is 4.79 Å². The lowest BCUT2D eigenvalue weighted by Crippen LogP contribution is -2.29. The van der Waals surface area contributed by atoms with Gasteiger partial charge in [-0.15, -0.1) is 21.8 Å². The van der Waals surface area contributed by atoms with Gasteiger partial charge in [-0.3, -0.25) is 4.79 Å². The monoisotopic (exact) mass is 270 g/mol. The molecular formula is C12H19ClN4O. The standard InChI is InChI=1S/C12H19ClN4O/c1-9(14-11(18)6-7-13)12-16-15-10-5-3-2-4-8-17(10)12/h9H,2-8H2,1H3,(H,14,18). The number of fused-ring (bicyclic) bond motifs is 1. The fraction of sp³-hybridized carbons (Fsp3) is 0.750. The van der Waals surface area contributed by atoms with E-state index in [1.807, 2.05) is 6.92 Å². The van der Waals surface area contributed by atoms with Gasteiger partial charge in [-0.2, -0.15) is 0 Å². The molecule has 1 unspecified atom stereocenters. The SMILES string of the molecule is CC(NC(=O)CCCl)c1nnc2n1CCCCC2. The third-order valence-electron chi connectivity index (χ3n) is 3.22. The summed E-state index contributed by atoms with van der Waals surface area (Å²) >= 11 is 5.55. The zero-order chi connectivity index (χ0) is 13.0. The number of hydrogen-bond acceptors (Lipinski definition) is 3. The number of hydrogen-bond donors (Lipinski definition) is 1. The summed E-state index contributed by atoms with van der Waals surface area (Å²) in [7, 11) is 0. The molecule has 0 aromatic carbocycles. The van der Waals surface area contributed by atoms with E-state index in [1.54, 1.807) is 0 Å². The van der Waals surface area contributed by atoms with Gasteiger partial charge in [-0.05, 0) is 19.8 Å². The molecule has 0 aliphatic carbocycles. The van der Waals surface area contributed by atoms with Crippen molar-refractivity contribution in [2.24, 2.45) is 0 Å². The van der Waals surface area contributed by atoms with Gasteiger partial charge in [-0.1, -0.05) is 6.42 Å². The first-order chi connectivity index (χ1) is 8.72. The molecule has 0 radical (unpaired) electrons. The predicted octanol–water partition coefficient (Wildman–Crippen LogP) is 1.81. The Morgan fingerprint density at radius 1 is 1.44 bits per heavy atom. The van der Waals surface area contributed by atoms with Crippen LogP contribution in [0.1, 0.15) is 50.3 Å². The topological polar surface area (TPSA) is 59.8 Å². The smallest absolute Gasteiger partial charge is 0.221 e. The van der Waals surface area contributed by atoms with Crippen molar-refractivity contribution >= 4 is 17.5 Å². The molecule has 2 rings (SSSR count). The van der Waals surface area contributed by atoms with Crippen molar-refractivity contribution in [3.05, 3.63) is 11.6 Å². The highest BCUT2D eigenvalue weighted by Gasteiger charge is 2.20. The van der Waals surface area contributed by atoms with Crippen LogP contribution in [0, 0.1) is 0 Å². The van der Waals surface area contributed by atoms with Gasteiger partial charge < -0.3 is 9.88 Å². The first-order valence-electron chi connectivity index (χ1n) is 6.49. The molecule has 0 saturated heterocycles. The Morgan fingerprint density at radius 2 is 2.28 bits per heavy atom. The number of amides is 1. The van der Waals surface area contributed by atoms with Crippen LogP contribution in [0.2, 0.25) is 0 Å². The summed E-state index contributed by atoms with van der Waals surface area (Å²) in [5, 5.41) is 11.4. The maximum absolute atomic E-state index is 11.5. The normalized spacial score (nSPS) is 16.8. The highest BCUT2D eigenvalue weighted by atomic mass is 35.5. The summed E-state index contributed by atoms with van der Waals surface area (Å²) in [5.41, 5.74) is 0. The Kier molecular flexibility index (Phi) is 4.58. The van der Waals surface area contributed by atoms with Crippen molar-refractivity contribution in [3.8, 4) is 0 Å². The molecule has 5 nitrogen and oxygen atoms in total. The van der Waals surface area contributed by atoms with Crippen LogP contribution < -0.4 is 5.32 Å². The van der Waals surface area contributed by atoms with Gasteiger partial charge >= 0.3 is 0 Å². The van der Waals surface area contributed by atoms with E-state index < -0.39 is 0 Å². The van der Waals surface area contributed by atoms with Crippen molar-refractivity contribution in [1.82, 2.24) is 20.1 Å². The van der Waals surface area contributed by atoms with E-state index in [4.69, 9.17) is 11.6 Å². The number of nitrogens with zero attached hydrogens (tertiary/aromatic N) is 3. The molecule has 1 aliphatic rings. The van der Waals surface area contributed by atoms with Gasteiger partial charge in [0.15, 0.2) is 5.82 Å². The number of alkyl halides is 1. The van der Waals surface area contributed by atoms with Crippen molar-refractivity contribution in [1.29, 1.82) is 0 Å². The molecule has 1 amide bonds. The molecule has 6 heteroatoms. The van der Waals surface area contributed by atoms with Crippen molar-refractivity contribution in [2.75, 3.05) is 5.88 Å². The number of aryl methyl sites for hydroxylation is 1. The van der Waals surface area contributed by atoms with Crippen LogP contribution in [0.15, 0.2) is 0 Å². The van der Waals surface area contributed by atoms with E-state index in [1.165, 1.54) is 12.8 Å². The molecule has 0 spiro atoms. The number of carbonyl (C=O) groups excluding carboxylic acids is 1. The average molecular weight is 271 g/mol. The van der Waals surface area contributed by atoms with E-state index in [9.17, 15) is 4.79 Å². The molecule has 1 aromatic rings. The number of aromatic nitrogens is 3. The summed E-state index contributed by atoms with van der Waals surface area (Å²) < 4.78 is 2.15. The molecule has 0 fully saturated rings. The van der Waals surface area contributed by atoms with Crippen LogP contribution >= 0.6 is 11.6 Å². The Hall–Kier alpha value is -1.10. The second-order valence-corrected chi connectivity index (χ2v) is 5.04. The molecule has 100 valence electrons. The van der Waals surface area contributed by atoms with Gasteiger partial charge in [-0.25, -0.2) is 0 Å². The van der Waals surface area contributed by atoms with E-state index in [0.29, 0.717) is 12.3 Å². The zero-order valence-corrected chi connectivity index (χ0v) is 11.4. The molecule has 2 heterocycles. The first kappa shape index (κ1) is 13.3. The minimum absolute atomic E-state index is 0.0385. The first-order valence-corrected chi connectivity index (χ1v) is 7.03. The van der Waals surface area contributed by atoms with Gasteiger partial charge in [0.05, 0.1) is 6.04 Å². The summed E-state index contributed by atoms with van der Waals surface area (Å²) in [6.45, 7) is 2.89. The van der Waals surface area contributed by atoms with Crippen LogP contribution in [0.5, 0.6) is 0 Å². The molecule has 1 aliphatic heterocycles. The van der Waals surface area contributed by atoms with Crippen LogP contribution in [-0.4, -0.2) is 26.6 Å². The van der Waals surface area contributed by atoms with Gasteiger partial charge in [0.25, 0.3) is 0 Å². The molecule has 1 N–H and O–H groups in total. The van der Waals surface area contributed by atoms with Gasteiger partial charge in [0.2, 0.25) is 5.91 Å². The quantitative estimate of drug-likeness (QED) is 0.849. The third kappa shape index (κ3) is 3.02. The lowest BCUT2D eigenvalue weighted by Gasteiger charge is -2.14. The Labute approximate surface area is 112 Å². The highest BCUT2D eigenvalue weighted by molar-refractivity contribution is 6.18. The van der Waals surface area contributed by atoms with Crippen LogP contribution in [0.3, 0.4) is 0 Å². The molecule has 18 heavy (non-hydrogen) atoms. The van der Waals surface area contributed by atoms with E-state index in [-0.39, 0.29) is 11.9 Å². The van der Waals surface area contributed by atoms with Crippen LogP contribution in [0.4, 0.5) is 0 Å². The minimum atomic E-state index is -0.111. The van der Waals surface area contributed by atoms with Crippen molar-refractivity contribution in [3.63, 3.8) is 0 Å². The van der Waals surface area contributed by atoms with Crippen molar-refractivity contribution in [2.45, 2.75) is 51.6 Å². The predicted molar refractivity (Wildman–Crippen MR) is 69.5 cm³/mol. The lowest BCUT2D eigenvalue weighted by molar-refractivity contribution is -0.121. The maximum Gasteiger partial charge on any atom is 0.221 e. The summed E-state index contributed by atoms with van der Waals surface area (Å²) in [5.74, 6) is 2.20. The highest BCUT2D eigenvalue weighted by Crippen LogP contribution is 2.18. The molecule has 0 saturated carbocycles. The number of rotatable bonds is 4. The summed E-state index contributed by atoms with van der Waals surface area (Å²) in [6.07, 6.45) is 4.88. The zero-order valence-electron chi connectivity index (χ0n) is 10.7. The third-order valence-corrected chi connectivity index (χ3v) is 3.41. The second kappa shape index (κ2) is 6.18. The van der Waals surface area contributed by atoms with Crippen LogP contribution in [-0.2, 0) is 17.8 Å². The fourth-order valence-corrected chi connectivity index (χ4v) is 2.46. The largest absolute Gasteiger partial charge is 0.346 e. The minimum Gasteiger partial charge on any atom is -0.346 e. The number of nitrogens with one attached hydrogen (secondary N) is 1. The van der Waals surface area contributed by atoms with E-state index in [2.05, 4.69) is 20.1 Å². The molecular weight excluding hydrogens is 252 g/mol. The number of halogens is 1. The summed E-state index contributed by atoms with van der Waals surface area (Å²) in [4.78, 5) is 11.5. The summed E-state index contributed by atoms with van der Waals surface area (Å²) in [6, 6.07) is -0.111. The van der Waals surface area contributed by atoms with Gasteiger partial charge in [0.1, 0.15) is 5.82 Å².